The quantitative estimate of drug-likeness (QED) is 0.837. The van der Waals surface area contributed by atoms with Crippen molar-refractivity contribution in [3.05, 3.63) is 35.6 Å². The normalized spacial score (nSPS) is 23.6. The third-order valence-corrected chi connectivity index (χ3v) is 4.92. The van der Waals surface area contributed by atoms with Crippen molar-refractivity contribution in [1.82, 2.24) is 0 Å². The average molecular weight is 265 g/mol. The SMILES string of the molecule is CC(C)[C@]1(C)SC(Cc2ccccc2F)=NC1=O. The van der Waals surface area contributed by atoms with Crippen molar-refractivity contribution >= 4 is 22.7 Å². The largest absolute Gasteiger partial charge is 0.271 e. The summed E-state index contributed by atoms with van der Waals surface area (Å²) in [4.78, 5) is 16.0. The molecule has 0 N–H and O–H groups in total. The number of hydrogen-bond acceptors (Lipinski definition) is 2. The van der Waals surface area contributed by atoms with E-state index in [-0.39, 0.29) is 17.6 Å². The first-order valence-electron chi connectivity index (χ1n) is 5.98. The molecule has 0 fully saturated rings. The summed E-state index contributed by atoms with van der Waals surface area (Å²) in [7, 11) is 0. The number of carbonyl (C=O) groups excluding carboxylic acids is 1. The molecule has 4 heteroatoms. The molecular formula is C14H16FNOS. The number of halogens is 1. The van der Waals surface area contributed by atoms with Crippen molar-refractivity contribution in [1.29, 1.82) is 0 Å². The third-order valence-electron chi connectivity index (χ3n) is 3.38. The molecule has 18 heavy (non-hydrogen) atoms. The summed E-state index contributed by atoms with van der Waals surface area (Å²) < 4.78 is 13.0. The molecular weight excluding hydrogens is 249 g/mol. The summed E-state index contributed by atoms with van der Waals surface area (Å²) in [5, 5.41) is 0.710. The number of amides is 1. The predicted molar refractivity (Wildman–Crippen MR) is 73.4 cm³/mol. The van der Waals surface area contributed by atoms with Gasteiger partial charge in [-0.05, 0) is 24.5 Å². The summed E-state index contributed by atoms with van der Waals surface area (Å²) in [6, 6.07) is 6.61. The van der Waals surface area contributed by atoms with E-state index in [4.69, 9.17) is 0 Å². The minimum atomic E-state index is -0.499. The first-order valence-corrected chi connectivity index (χ1v) is 6.79. The Morgan fingerprint density at radius 3 is 2.61 bits per heavy atom. The van der Waals surface area contributed by atoms with Crippen LogP contribution in [0.25, 0.3) is 0 Å². The molecule has 0 aromatic heterocycles. The van der Waals surface area contributed by atoms with Crippen LogP contribution in [0.1, 0.15) is 26.3 Å². The number of nitrogens with zero attached hydrogens (tertiary/aromatic N) is 1. The molecule has 0 radical (unpaired) electrons. The lowest BCUT2D eigenvalue weighted by Crippen LogP contribution is -2.33. The van der Waals surface area contributed by atoms with Crippen molar-refractivity contribution in [2.75, 3.05) is 0 Å². The van der Waals surface area contributed by atoms with Crippen molar-refractivity contribution in [3.63, 3.8) is 0 Å². The zero-order valence-electron chi connectivity index (χ0n) is 10.7. The number of benzene rings is 1. The van der Waals surface area contributed by atoms with Crippen molar-refractivity contribution in [2.24, 2.45) is 10.9 Å². The first-order chi connectivity index (χ1) is 8.43. The van der Waals surface area contributed by atoms with Crippen LogP contribution in [-0.2, 0) is 11.2 Å². The van der Waals surface area contributed by atoms with Crippen molar-refractivity contribution in [2.45, 2.75) is 31.9 Å². The van der Waals surface area contributed by atoms with Gasteiger partial charge in [0.15, 0.2) is 0 Å². The minimum absolute atomic E-state index is 0.103. The standard InChI is InChI=1S/C14H16FNOS/c1-9(2)14(3)13(17)16-12(18-14)8-10-6-4-5-7-11(10)15/h4-7,9H,8H2,1-3H3/t14-/m0/s1. The van der Waals surface area contributed by atoms with Crippen LogP contribution in [0, 0.1) is 11.7 Å². The molecule has 96 valence electrons. The van der Waals surface area contributed by atoms with E-state index in [9.17, 15) is 9.18 Å². The molecule has 2 rings (SSSR count). The maximum atomic E-state index is 13.5. The zero-order valence-corrected chi connectivity index (χ0v) is 11.6. The van der Waals surface area contributed by atoms with Crippen LogP contribution in [0.5, 0.6) is 0 Å². The van der Waals surface area contributed by atoms with Gasteiger partial charge in [0, 0.05) is 6.42 Å². The summed E-state index contributed by atoms with van der Waals surface area (Å²) in [5.74, 6) is -0.142. The number of hydrogen-bond donors (Lipinski definition) is 0. The lowest BCUT2D eigenvalue weighted by atomic mass is 9.96. The van der Waals surface area contributed by atoms with Gasteiger partial charge in [0.25, 0.3) is 5.91 Å². The number of carbonyl (C=O) groups is 1. The topological polar surface area (TPSA) is 29.4 Å². The first kappa shape index (κ1) is 13.3. The fourth-order valence-corrected chi connectivity index (χ4v) is 2.99. The minimum Gasteiger partial charge on any atom is -0.271 e. The summed E-state index contributed by atoms with van der Waals surface area (Å²) in [6.45, 7) is 5.92. The van der Waals surface area contributed by atoms with E-state index in [0.717, 1.165) is 0 Å². The van der Waals surface area contributed by atoms with Crippen LogP contribution in [0.2, 0.25) is 0 Å². The van der Waals surface area contributed by atoms with Crippen LogP contribution >= 0.6 is 11.8 Å². The molecule has 1 aromatic carbocycles. The van der Waals surface area contributed by atoms with E-state index in [0.29, 0.717) is 17.0 Å². The predicted octanol–water partition coefficient (Wildman–Crippen LogP) is 3.45. The molecule has 0 aliphatic carbocycles. The second-order valence-electron chi connectivity index (χ2n) is 4.94. The highest BCUT2D eigenvalue weighted by Gasteiger charge is 2.43. The molecule has 0 spiro atoms. The van der Waals surface area contributed by atoms with Crippen molar-refractivity contribution < 1.29 is 9.18 Å². The van der Waals surface area contributed by atoms with Gasteiger partial charge < -0.3 is 0 Å². The van der Waals surface area contributed by atoms with Crippen molar-refractivity contribution in [3.8, 4) is 0 Å². The lowest BCUT2D eigenvalue weighted by molar-refractivity contribution is -0.120. The van der Waals surface area contributed by atoms with Gasteiger partial charge in [0.05, 0.1) is 5.04 Å². The molecule has 0 saturated carbocycles. The van der Waals surface area contributed by atoms with E-state index < -0.39 is 4.75 Å². The van der Waals surface area contributed by atoms with Gasteiger partial charge in [-0.3, -0.25) is 4.79 Å². The van der Waals surface area contributed by atoms with E-state index in [2.05, 4.69) is 4.99 Å². The van der Waals surface area contributed by atoms with Gasteiger partial charge in [-0.2, -0.15) is 0 Å². The molecule has 1 aromatic rings. The van der Waals surface area contributed by atoms with E-state index in [1.54, 1.807) is 18.2 Å². The smallest absolute Gasteiger partial charge is 0.263 e. The Hall–Kier alpha value is -1.16. The molecule has 0 unspecified atom stereocenters. The zero-order chi connectivity index (χ0) is 13.3. The Morgan fingerprint density at radius 1 is 1.39 bits per heavy atom. The number of thioether (sulfide) groups is 1. The molecule has 0 bridgehead atoms. The summed E-state index contributed by atoms with van der Waals surface area (Å²) in [6.07, 6.45) is 0.394. The van der Waals surface area contributed by atoms with Crippen LogP contribution in [0.15, 0.2) is 29.3 Å². The lowest BCUT2D eigenvalue weighted by Gasteiger charge is -2.24. The second-order valence-corrected chi connectivity index (χ2v) is 6.47. The molecule has 1 amide bonds. The van der Waals surface area contributed by atoms with E-state index in [1.165, 1.54) is 17.8 Å². The average Bonchev–Trinajstić information content (AvgIpc) is 2.59. The highest BCUT2D eigenvalue weighted by Crippen LogP contribution is 2.40. The molecule has 1 aliphatic heterocycles. The monoisotopic (exact) mass is 265 g/mol. The Balaban J connectivity index is 2.17. The molecule has 2 nitrogen and oxygen atoms in total. The van der Waals surface area contributed by atoms with Gasteiger partial charge in [-0.15, -0.1) is 0 Å². The van der Waals surface area contributed by atoms with E-state index in [1.807, 2.05) is 20.8 Å². The number of rotatable bonds is 3. The summed E-state index contributed by atoms with van der Waals surface area (Å²) in [5.41, 5.74) is 0.588. The maximum Gasteiger partial charge on any atom is 0.263 e. The van der Waals surface area contributed by atoms with Gasteiger partial charge in [0.2, 0.25) is 0 Å². The molecule has 1 aliphatic rings. The molecule has 1 atom stereocenters. The van der Waals surface area contributed by atoms with Gasteiger partial charge in [0.1, 0.15) is 10.6 Å². The van der Waals surface area contributed by atoms with Crippen LogP contribution in [-0.4, -0.2) is 15.7 Å². The van der Waals surface area contributed by atoms with Crippen LogP contribution in [0.4, 0.5) is 4.39 Å². The molecule has 1 heterocycles. The van der Waals surface area contributed by atoms with Gasteiger partial charge >= 0.3 is 0 Å². The fraction of sp³-hybridized carbons (Fsp3) is 0.429. The van der Waals surface area contributed by atoms with E-state index >= 15 is 0 Å². The Morgan fingerprint density at radius 2 is 2.06 bits per heavy atom. The third kappa shape index (κ3) is 2.34. The second kappa shape index (κ2) is 4.84. The van der Waals surface area contributed by atoms with Gasteiger partial charge in [-0.1, -0.05) is 43.8 Å². The fourth-order valence-electron chi connectivity index (χ4n) is 1.78. The highest BCUT2D eigenvalue weighted by atomic mass is 32.2. The number of aliphatic imine (C=N–C) groups is 1. The Bertz CT molecular complexity index is 512. The van der Waals surface area contributed by atoms with Crippen LogP contribution in [0.3, 0.4) is 0 Å². The highest BCUT2D eigenvalue weighted by molar-refractivity contribution is 8.16. The maximum absolute atomic E-state index is 13.5. The van der Waals surface area contributed by atoms with Crippen LogP contribution < -0.4 is 0 Å². The Kier molecular flexibility index (Phi) is 3.57. The Labute approximate surface area is 111 Å². The van der Waals surface area contributed by atoms with Gasteiger partial charge in [-0.25, -0.2) is 9.38 Å². The molecule has 0 saturated heterocycles. The summed E-state index contributed by atoms with van der Waals surface area (Å²) >= 11 is 1.47.